The van der Waals surface area contributed by atoms with Crippen LogP contribution in [-0.2, 0) is 33.7 Å². The number of carbonyl (C=O) groups is 3. The molecule has 3 rings (SSSR count). The first-order valence-corrected chi connectivity index (χ1v) is 13.4. The van der Waals surface area contributed by atoms with E-state index in [-0.39, 0.29) is 17.9 Å². The third kappa shape index (κ3) is 10.7. The van der Waals surface area contributed by atoms with Crippen molar-refractivity contribution in [2.75, 3.05) is 11.9 Å². The maximum Gasteiger partial charge on any atom is 0.362 e. The summed E-state index contributed by atoms with van der Waals surface area (Å²) in [5, 5.41) is 2.72. The Morgan fingerprint density at radius 2 is 1.36 bits per heavy atom. The highest BCUT2D eigenvalue weighted by molar-refractivity contribution is 5.96. The molecule has 0 aliphatic carbocycles. The van der Waals surface area contributed by atoms with Gasteiger partial charge in [-0.3, -0.25) is 9.59 Å². The highest BCUT2D eigenvalue weighted by Gasteiger charge is 2.14. The number of benzene rings is 3. The van der Waals surface area contributed by atoms with Crippen LogP contribution in [-0.4, -0.2) is 30.4 Å². The fourth-order valence-corrected chi connectivity index (χ4v) is 4.07. The van der Waals surface area contributed by atoms with Crippen molar-refractivity contribution in [3.05, 3.63) is 101 Å². The molecule has 1 atom stereocenters. The van der Waals surface area contributed by atoms with Crippen molar-refractivity contribution in [1.29, 1.82) is 0 Å². The summed E-state index contributed by atoms with van der Waals surface area (Å²) in [6.07, 6.45) is 6.52. The van der Waals surface area contributed by atoms with Crippen molar-refractivity contribution in [1.82, 2.24) is 5.48 Å². The second-order valence-corrected chi connectivity index (χ2v) is 9.56. The lowest BCUT2D eigenvalue weighted by Gasteiger charge is -2.12. The molecule has 0 spiro atoms. The van der Waals surface area contributed by atoms with Gasteiger partial charge in [0.2, 0.25) is 5.91 Å². The average Bonchev–Trinajstić information content (AvgIpc) is 2.96. The second kappa shape index (κ2) is 16.1. The van der Waals surface area contributed by atoms with E-state index < -0.39 is 17.9 Å². The molecule has 8 nitrogen and oxygen atoms in total. The molecule has 1 unspecified atom stereocenters. The first kappa shape index (κ1) is 29.5. The van der Waals surface area contributed by atoms with Gasteiger partial charge in [-0.25, -0.2) is 4.79 Å². The second-order valence-electron chi connectivity index (χ2n) is 9.56. The van der Waals surface area contributed by atoms with Crippen molar-refractivity contribution in [3.8, 4) is 0 Å². The first-order valence-electron chi connectivity index (χ1n) is 13.4. The van der Waals surface area contributed by atoms with Crippen molar-refractivity contribution in [3.63, 3.8) is 0 Å². The number of unbranched alkanes of at least 4 members (excludes halogenated alkanes) is 2. The Balaban J connectivity index is 1.35. The van der Waals surface area contributed by atoms with E-state index in [1.165, 1.54) is 23.3 Å². The molecule has 2 amide bonds. The molecule has 6 N–H and O–H groups in total. The summed E-state index contributed by atoms with van der Waals surface area (Å²) >= 11 is 0. The van der Waals surface area contributed by atoms with Gasteiger partial charge in [0.05, 0.1) is 18.0 Å². The average molecular weight is 531 g/mol. The molecule has 0 radical (unpaired) electrons. The molecule has 0 saturated carbocycles. The Morgan fingerprint density at radius 3 is 2.00 bits per heavy atom. The van der Waals surface area contributed by atoms with Crippen LogP contribution in [0.5, 0.6) is 0 Å². The van der Waals surface area contributed by atoms with Crippen molar-refractivity contribution in [2.45, 2.75) is 57.4 Å². The van der Waals surface area contributed by atoms with Gasteiger partial charge in [0.15, 0.2) is 0 Å². The Morgan fingerprint density at radius 1 is 0.744 bits per heavy atom. The summed E-state index contributed by atoms with van der Waals surface area (Å²) < 4.78 is 0. The predicted octanol–water partition coefficient (Wildman–Crippen LogP) is 4.08. The molecular weight excluding hydrogens is 492 g/mol. The Hall–Kier alpha value is -4.01. The van der Waals surface area contributed by atoms with Gasteiger partial charge >= 0.3 is 5.97 Å². The number of nitrogens with two attached hydrogens (primary N) is 2. The quantitative estimate of drug-likeness (QED) is 0.183. The fourth-order valence-electron chi connectivity index (χ4n) is 4.07. The topological polar surface area (TPSA) is 137 Å². The van der Waals surface area contributed by atoms with Gasteiger partial charge in [0, 0.05) is 5.69 Å². The monoisotopic (exact) mass is 530 g/mol. The van der Waals surface area contributed by atoms with Gasteiger partial charge in [0.1, 0.15) is 0 Å². The number of hydrogen-bond acceptors (Lipinski definition) is 6. The summed E-state index contributed by atoms with van der Waals surface area (Å²) in [6, 6.07) is 23.9. The van der Waals surface area contributed by atoms with E-state index in [1.807, 2.05) is 30.3 Å². The number of aryl methyl sites for hydroxylation is 2. The van der Waals surface area contributed by atoms with Crippen molar-refractivity contribution >= 4 is 23.5 Å². The van der Waals surface area contributed by atoms with E-state index in [2.05, 4.69) is 35.1 Å². The maximum absolute atomic E-state index is 12.3. The lowest BCUT2D eigenvalue weighted by atomic mass is 10.0. The standard InChI is InChI=1S/C31H38N4O4/c32-21-7-6-12-28(33)30(37)34-27-19-17-26(18-20-27)31(38)39-35-29(36)22-25-15-13-24(14-16-25)11-5-4-10-23-8-2-1-3-9-23/h1-3,8-9,13-20,28H,4-7,10-12,21-22,32-33H2,(H,34,37)(H,35,36). The molecule has 0 aromatic heterocycles. The molecule has 8 heteroatoms. The number of hydroxylamine groups is 1. The zero-order valence-electron chi connectivity index (χ0n) is 22.2. The maximum atomic E-state index is 12.3. The molecule has 0 fully saturated rings. The van der Waals surface area contributed by atoms with Crippen LogP contribution in [0, 0.1) is 0 Å². The number of hydrogen-bond donors (Lipinski definition) is 4. The normalized spacial score (nSPS) is 11.4. The van der Waals surface area contributed by atoms with Crippen molar-refractivity contribution < 1.29 is 19.2 Å². The van der Waals surface area contributed by atoms with Crippen LogP contribution < -0.4 is 22.3 Å². The summed E-state index contributed by atoms with van der Waals surface area (Å²) in [5.74, 6) is -1.43. The molecular formula is C31H38N4O4. The van der Waals surface area contributed by atoms with E-state index in [0.717, 1.165) is 44.1 Å². The Bertz CT molecular complexity index is 1180. The fraction of sp³-hybridized carbons (Fsp3) is 0.323. The van der Waals surface area contributed by atoms with E-state index in [0.29, 0.717) is 18.7 Å². The minimum absolute atomic E-state index is 0.0953. The Kier molecular flexibility index (Phi) is 12.2. The summed E-state index contributed by atoms with van der Waals surface area (Å²) in [6.45, 7) is 0.565. The minimum Gasteiger partial charge on any atom is -0.335 e. The largest absolute Gasteiger partial charge is 0.362 e. The molecule has 39 heavy (non-hydrogen) atoms. The smallest absolute Gasteiger partial charge is 0.335 e. The first-order chi connectivity index (χ1) is 18.9. The number of rotatable bonds is 14. The van der Waals surface area contributed by atoms with Crippen LogP contribution in [0.25, 0.3) is 0 Å². The SMILES string of the molecule is NCCCCC(N)C(=O)Nc1ccc(C(=O)ONC(=O)Cc2ccc(CCCCc3ccccc3)cc2)cc1. The van der Waals surface area contributed by atoms with Crippen LogP contribution in [0.2, 0.25) is 0 Å². The van der Waals surface area contributed by atoms with Gasteiger partial charge in [-0.1, -0.05) is 61.0 Å². The zero-order valence-corrected chi connectivity index (χ0v) is 22.2. The van der Waals surface area contributed by atoms with Crippen molar-refractivity contribution in [2.24, 2.45) is 11.5 Å². The molecule has 0 heterocycles. The van der Waals surface area contributed by atoms with Gasteiger partial charge in [-0.15, -0.1) is 0 Å². The number of anilines is 1. The molecule has 0 saturated heterocycles. The predicted molar refractivity (Wildman–Crippen MR) is 153 cm³/mol. The number of nitrogens with one attached hydrogen (secondary N) is 2. The van der Waals surface area contributed by atoms with Crippen LogP contribution in [0.3, 0.4) is 0 Å². The molecule has 206 valence electrons. The van der Waals surface area contributed by atoms with Gasteiger partial charge in [0.25, 0.3) is 5.91 Å². The molecule has 0 aliphatic heterocycles. The third-order valence-electron chi connectivity index (χ3n) is 6.36. The van der Waals surface area contributed by atoms with E-state index >= 15 is 0 Å². The van der Waals surface area contributed by atoms with Crippen LogP contribution in [0.1, 0.15) is 59.2 Å². The van der Waals surface area contributed by atoms with E-state index in [4.69, 9.17) is 16.3 Å². The molecule has 0 aliphatic rings. The molecule has 3 aromatic carbocycles. The van der Waals surface area contributed by atoms with Crippen LogP contribution >= 0.6 is 0 Å². The lowest BCUT2D eigenvalue weighted by Crippen LogP contribution is -2.35. The van der Waals surface area contributed by atoms with Gasteiger partial charge in [-0.05, 0) is 86.0 Å². The summed E-state index contributed by atoms with van der Waals surface area (Å²) in [7, 11) is 0. The third-order valence-corrected chi connectivity index (χ3v) is 6.36. The molecule has 3 aromatic rings. The number of carbonyl (C=O) groups excluding carboxylic acids is 3. The summed E-state index contributed by atoms with van der Waals surface area (Å²) in [5.41, 5.74) is 17.7. The van der Waals surface area contributed by atoms with E-state index in [1.54, 1.807) is 12.1 Å². The highest BCUT2D eigenvalue weighted by Crippen LogP contribution is 2.13. The number of amides is 2. The molecule has 0 bridgehead atoms. The van der Waals surface area contributed by atoms with Gasteiger partial charge < -0.3 is 21.6 Å². The van der Waals surface area contributed by atoms with Crippen LogP contribution in [0.15, 0.2) is 78.9 Å². The lowest BCUT2D eigenvalue weighted by molar-refractivity contribution is -0.129. The van der Waals surface area contributed by atoms with E-state index in [9.17, 15) is 14.4 Å². The summed E-state index contributed by atoms with van der Waals surface area (Å²) in [4.78, 5) is 41.7. The van der Waals surface area contributed by atoms with Gasteiger partial charge in [-0.2, -0.15) is 5.48 Å². The highest BCUT2D eigenvalue weighted by atomic mass is 16.7. The Labute approximate surface area is 230 Å². The van der Waals surface area contributed by atoms with Crippen LogP contribution in [0.4, 0.5) is 5.69 Å². The minimum atomic E-state index is -0.703. The zero-order chi connectivity index (χ0) is 27.9.